The van der Waals surface area contributed by atoms with Crippen LogP contribution in [-0.2, 0) is 9.53 Å². The Labute approximate surface area is 142 Å². The van der Waals surface area contributed by atoms with Crippen molar-refractivity contribution in [2.24, 2.45) is 10.5 Å². The minimum Gasteiger partial charge on any atom is -0.461 e. The first-order valence-electron chi connectivity index (χ1n) is 7.98. The highest BCUT2D eigenvalue weighted by Crippen LogP contribution is 2.41. The fraction of sp³-hybridized carbons (Fsp3) is 0.500. The van der Waals surface area contributed by atoms with Gasteiger partial charge < -0.3 is 9.84 Å². The van der Waals surface area contributed by atoms with Gasteiger partial charge in [-0.1, -0.05) is 38.5 Å². The Morgan fingerprint density at radius 3 is 2.58 bits per heavy atom. The molecule has 1 unspecified atom stereocenters. The fourth-order valence-electron chi connectivity index (χ4n) is 2.57. The Morgan fingerprint density at radius 1 is 1.38 bits per heavy atom. The third kappa shape index (κ3) is 3.19. The minimum atomic E-state index is -1.60. The number of rotatable bonds is 3. The first kappa shape index (κ1) is 18.1. The van der Waals surface area contributed by atoms with Crippen molar-refractivity contribution in [2.75, 3.05) is 6.61 Å². The van der Waals surface area contributed by atoms with Crippen LogP contribution in [-0.4, -0.2) is 40.0 Å². The fourth-order valence-corrected chi connectivity index (χ4v) is 2.57. The van der Waals surface area contributed by atoms with Crippen LogP contribution in [0.2, 0.25) is 0 Å². The molecular formula is C18H24N2O4. The largest absolute Gasteiger partial charge is 0.461 e. The van der Waals surface area contributed by atoms with Gasteiger partial charge in [-0.15, -0.1) is 0 Å². The number of aliphatic hydroxyl groups is 1. The van der Waals surface area contributed by atoms with Gasteiger partial charge in [0.2, 0.25) is 0 Å². The summed E-state index contributed by atoms with van der Waals surface area (Å²) in [5.74, 6) is -1.06. The average Bonchev–Trinajstić information content (AvgIpc) is 2.86. The van der Waals surface area contributed by atoms with Crippen molar-refractivity contribution < 1.29 is 19.4 Å². The van der Waals surface area contributed by atoms with Crippen molar-refractivity contribution in [1.29, 1.82) is 0 Å². The summed E-state index contributed by atoms with van der Waals surface area (Å²) in [5.41, 5.74) is -0.920. The van der Waals surface area contributed by atoms with Crippen LogP contribution >= 0.6 is 0 Å². The van der Waals surface area contributed by atoms with Gasteiger partial charge in [-0.3, -0.25) is 4.79 Å². The van der Waals surface area contributed by atoms with Crippen molar-refractivity contribution in [3.8, 4) is 0 Å². The topological polar surface area (TPSA) is 79.2 Å². The van der Waals surface area contributed by atoms with Crippen LogP contribution in [0.5, 0.6) is 0 Å². The normalized spacial score (nSPS) is 20.8. The van der Waals surface area contributed by atoms with Crippen molar-refractivity contribution in [3.05, 3.63) is 35.4 Å². The van der Waals surface area contributed by atoms with Crippen LogP contribution in [0, 0.1) is 12.3 Å². The number of nitrogens with zero attached hydrogens (tertiary/aromatic N) is 2. The SMILES string of the molecule is CCOC(=O)C1=NN(C(=O)c2cccc(C)c2)C(O)(C(C)(C)C)C1. The molecule has 1 aliphatic rings. The van der Waals surface area contributed by atoms with Crippen molar-refractivity contribution >= 4 is 17.6 Å². The van der Waals surface area contributed by atoms with Gasteiger partial charge in [0.25, 0.3) is 5.91 Å². The highest BCUT2D eigenvalue weighted by atomic mass is 16.5. The lowest BCUT2D eigenvalue weighted by atomic mass is 9.80. The molecule has 0 aromatic heterocycles. The molecular weight excluding hydrogens is 308 g/mol. The van der Waals surface area contributed by atoms with E-state index < -0.39 is 23.0 Å². The molecule has 0 aliphatic carbocycles. The van der Waals surface area contributed by atoms with Gasteiger partial charge in [0.05, 0.1) is 6.61 Å². The molecule has 24 heavy (non-hydrogen) atoms. The van der Waals surface area contributed by atoms with E-state index in [9.17, 15) is 14.7 Å². The second kappa shape index (κ2) is 6.36. The first-order chi connectivity index (χ1) is 11.1. The standard InChI is InChI=1S/C18H24N2O4/c1-6-24-16(22)14-11-18(23,17(3,4)5)20(19-14)15(21)13-9-7-8-12(2)10-13/h7-10,23H,6,11H2,1-5H3. The number of esters is 1. The summed E-state index contributed by atoms with van der Waals surface area (Å²) >= 11 is 0. The average molecular weight is 332 g/mol. The van der Waals surface area contributed by atoms with Gasteiger partial charge in [-0.25, -0.2) is 4.79 Å². The van der Waals surface area contributed by atoms with E-state index in [1.165, 1.54) is 0 Å². The third-order valence-electron chi connectivity index (χ3n) is 4.15. The maximum Gasteiger partial charge on any atom is 0.354 e. The monoisotopic (exact) mass is 332 g/mol. The molecule has 6 nitrogen and oxygen atoms in total. The van der Waals surface area contributed by atoms with E-state index in [4.69, 9.17) is 4.74 Å². The molecule has 1 atom stereocenters. The van der Waals surface area contributed by atoms with E-state index in [-0.39, 0.29) is 18.7 Å². The Kier molecular flexibility index (Phi) is 4.80. The minimum absolute atomic E-state index is 0.0512. The Hall–Kier alpha value is -2.21. The summed E-state index contributed by atoms with van der Waals surface area (Å²) in [4.78, 5) is 24.9. The number of hydrogen-bond donors (Lipinski definition) is 1. The van der Waals surface area contributed by atoms with E-state index in [1.807, 2.05) is 13.0 Å². The smallest absolute Gasteiger partial charge is 0.354 e. The molecule has 0 bridgehead atoms. The van der Waals surface area contributed by atoms with Crippen LogP contribution in [0.3, 0.4) is 0 Å². The molecule has 130 valence electrons. The van der Waals surface area contributed by atoms with Crippen molar-refractivity contribution in [3.63, 3.8) is 0 Å². The molecule has 0 spiro atoms. The zero-order valence-corrected chi connectivity index (χ0v) is 14.8. The number of carbonyl (C=O) groups is 2. The van der Waals surface area contributed by atoms with Crippen LogP contribution in [0.25, 0.3) is 0 Å². The second-order valence-corrected chi connectivity index (χ2v) is 7.00. The molecule has 1 aliphatic heterocycles. The van der Waals surface area contributed by atoms with Gasteiger partial charge in [-0.05, 0) is 26.0 Å². The van der Waals surface area contributed by atoms with E-state index in [1.54, 1.807) is 45.9 Å². The predicted octanol–water partition coefficient (Wildman–Crippen LogP) is 2.49. The predicted molar refractivity (Wildman–Crippen MR) is 90.4 cm³/mol. The number of hydrazone groups is 1. The Morgan fingerprint density at radius 2 is 2.04 bits per heavy atom. The maximum absolute atomic E-state index is 12.9. The van der Waals surface area contributed by atoms with Gasteiger partial charge in [0.1, 0.15) is 0 Å². The molecule has 1 heterocycles. The first-order valence-corrected chi connectivity index (χ1v) is 7.98. The Balaban J connectivity index is 2.45. The highest BCUT2D eigenvalue weighted by molar-refractivity contribution is 6.37. The lowest BCUT2D eigenvalue weighted by Crippen LogP contribution is -2.55. The van der Waals surface area contributed by atoms with Gasteiger partial charge in [0, 0.05) is 17.4 Å². The lowest BCUT2D eigenvalue weighted by Gasteiger charge is -2.41. The number of hydrogen-bond acceptors (Lipinski definition) is 5. The molecule has 1 amide bonds. The molecule has 2 rings (SSSR count). The summed E-state index contributed by atoms with van der Waals surface area (Å²) in [6.45, 7) is 9.17. The van der Waals surface area contributed by atoms with E-state index >= 15 is 0 Å². The molecule has 0 radical (unpaired) electrons. The van der Waals surface area contributed by atoms with Gasteiger partial charge >= 0.3 is 5.97 Å². The zero-order chi connectivity index (χ0) is 18.1. The van der Waals surface area contributed by atoms with Crippen LogP contribution in [0.4, 0.5) is 0 Å². The number of benzene rings is 1. The van der Waals surface area contributed by atoms with Crippen LogP contribution in [0.15, 0.2) is 29.4 Å². The quantitative estimate of drug-likeness (QED) is 0.863. The Bertz CT molecular complexity index is 691. The highest BCUT2D eigenvalue weighted by Gasteiger charge is 2.54. The number of ether oxygens (including phenoxy) is 1. The summed E-state index contributed by atoms with van der Waals surface area (Å²) in [6.07, 6.45) is -0.0626. The van der Waals surface area contributed by atoms with Gasteiger partial charge in [0.15, 0.2) is 11.4 Å². The van der Waals surface area contributed by atoms with E-state index in [0.717, 1.165) is 10.6 Å². The summed E-state index contributed by atoms with van der Waals surface area (Å²) < 4.78 is 4.97. The zero-order valence-electron chi connectivity index (χ0n) is 14.8. The summed E-state index contributed by atoms with van der Waals surface area (Å²) in [6, 6.07) is 7.04. The van der Waals surface area contributed by atoms with Crippen LogP contribution < -0.4 is 0 Å². The van der Waals surface area contributed by atoms with Crippen molar-refractivity contribution in [2.45, 2.75) is 46.8 Å². The maximum atomic E-state index is 12.9. The molecule has 1 aromatic carbocycles. The number of aryl methyl sites for hydroxylation is 1. The molecule has 6 heteroatoms. The van der Waals surface area contributed by atoms with E-state index in [0.29, 0.717) is 5.56 Å². The van der Waals surface area contributed by atoms with Crippen LogP contribution in [0.1, 0.15) is 50.0 Å². The third-order valence-corrected chi connectivity index (χ3v) is 4.15. The molecule has 1 aromatic rings. The number of carbonyl (C=O) groups excluding carboxylic acids is 2. The second-order valence-electron chi connectivity index (χ2n) is 7.00. The lowest BCUT2D eigenvalue weighted by molar-refractivity contribution is -0.144. The molecule has 0 saturated heterocycles. The number of amides is 1. The van der Waals surface area contributed by atoms with E-state index in [2.05, 4.69) is 5.10 Å². The molecule has 0 fully saturated rings. The summed E-state index contributed by atoms with van der Waals surface area (Å²) in [7, 11) is 0. The molecule has 0 saturated carbocycles. The molecule has 1 N–H and O–H groups in total. The van der Waals surface area contributed by atoms with Gasteiger partial charge in [-0.2, -0.15) is 10.1 Å². The van der Waals surface area contributed by atoms with Crippen molar-refractivity contribution in [1.82, 2.24) is 5.01 Å². The summed E-state index contributed by atoms with van der Waals surface area (Å²) in [5, 5.41) is 16.3.